The van der Waals surface area contributed by atoms with Crippen molar-refractivity contribution in [2.24, 2.45) is 0 Å². The summed E-state index contributed by atoms with van der Waals surface area (Å²) in [7, 11) is 0. The molecule has 5 heteroatoms. The van der Waals surface area contributed by atoms with Crippen LogP contribution in [0.3, 0.4) is 0 Å². The van der Waals surface area contributed by atoms with Gasteiger partial charge in [0.05, 0.1) is 13.2 Å². The molecule has 0 unspecified atom stereocenters. The number of carbonyl (C=O) groups is 1. The molecule has 1 amide bonds. The molecule has 1 N–H and O–H groups in total. The number of anilines is 1. The smallest absolute Gasteiger partial charge is 0.266 e. The van der Waals surface area contributed by atoms with Crippen LogP contribution >= 0.6 is 0 Å². The maximum atomic E-state index is 12.6. The molecule has 0 fully saturated rings. The Labute approximate surface area is 172 Å². The zero-order valence-corrected chi connectivity index (χ0v) is 17.1. The molecule has 0 aliphatic rings. The van der Waals surface area contributed by atoms with Gasteiger partial charge in [-0.2, -0.15) is 5.26 Å². The molecule has 2 aromatic carbocycles. The lowest BCUT2D eigenvalue weighted by Gasteiger charge is -2.16. The van der Waals surface area contributed by atoms with E-state index < -0.39 is 5.91 Å². The second-order valence-corrected chi connectivity index (χ2v) is 6.30. The predicted molar refractivity (Wildman–Crippen MR) is 116 cm³/mol. The number of rotatable bonds is 9. The lowest BCUT2D eigenvalue weighted by Crippen LogP contribution is -2.14. The molecule has 0 saturated carbocycles. The standard InChI is InChI=1S/C24H26N2O3/c1-5-10-19-13-18(15-22(28-6-2)23(19)29-7-3)14-20(16-25)24(27)26-21-12-9-8-11-17(21)4/h5,8-9,11-15H,1,6-7,10H2,2-4H3,(H,26,27)/b20-14+. The molecule has 0 aromatic heterocycles. The van der Waals surface area contributed by atoms with Crippen LogP contribution in [-0.4, -0.2) is 19.1 Å². The minimum Gasteiger partial charge on any atom is -0.490 e. The topological polar surface area (TPSA) is 71.4 Å². The third-order valence-electron chi connectivity index (χ3n) is 4.18. The molecule has 0 aliphatic carbocycles. The molecule has 2 rings (SSSR count). The van der Waals surface area contributed by atoms with E-state index in [2.05, 4.69) is 11.9 Å². The monoisotopic (exact) mass is 390 g/mol. The summed E-state index contributed by atoms with van der Waals surface area (Å²) in [6.45, 7) is 10.5. The van der Waals surface area contributed by atoms with Crippen molar-refractivity contribution in [3.63, 3.8) is 0 Å². The molecule has 0 aliphatic heterocycles. The van der Waals surface area contributed by atoms with Gasteiger partial charge in [0.15, 0.2) is 11.5 Å². The van der Waals surface area contributed by atoms with Gasteiger partial charge in [-0.25, -0.2) is 0 Å². The van der Waals surface area contributed by atoms with Gasteiger partial charge < -0.3 is 14.8 Å². The number of nitrogens with one attached hydrogen (secondary N) is 1. The van der Waals surface area contributed by atoms with Crippen LogP contribution in [0.2, 0.25) is 0 Å². The highest BCUT2D eigenvalue weighted by Crippen LogP contribution is 2.34. The highest BCUT2D eigenvalue weighted by molar-refractivity contribution is 6.10. The molecule has 2 aromatic rings. The first-order valence-corrected chi connectivity index (χ1v) is 9.56. The van der Waals surface area contributed by atoms with Gasteiger partial charge in [-0.1, -0.05) is 24.3 Å². The van der Waals surface area contributed by atoms with Crippen LogP contribution in [0.4, 0.5) is 5.69 Å². The Morgan fingerprint density at radius 3 is 2.55 bits per heavy atom. The number of aryl methyl sites for hydroxylation is 1. The van der Waals surface area contributed by atoms with Crippen LogP contribution in [0.15, 0.2) is 54.6 Å². The van der Waals surface area contributed by atoms with Crippen LogP contribution in [0.5, 0.6) is 11.5 Å². The summed E-state index contributed by atoms with van der Waals surface area (Å²) in [5, 5.41) is 12.3. The summed E-state index contributed by atoms with van der Waals surface area (Å²) in [6, 6.07) is 13.1. The summed E-state index contributed by atoms with van der Waals surface area (Å²) in [4.78, 5) is 12.6. The molecule has 0 spiro atoms. The number of benzene rings is 2. The quantitative estimate of drug-likeness (QED) is 0.369. The summed E-state index contributed by atoms with van der Waals surface area (Å²) in [6.07, 6.45) is 3.91. The molecule has 0 bridgehead atoms. The number of nitrogens with zero attached hydrogens (tertiary/aromatic N) is 1. The molecular formula is C24H26N2O3. The molecule has 29 heavy (non-hydrogen) atoms. The number of para-hydroxylation sites is 1. The van der Waals surface area contributed by atoms with Gasteiger partial charge in [-0.15, -0.1) is 6.58 Å². The molecule has 5 nitrogen and oxygen atoms in total. The maximum Gasteiger partial charge on any atom is 0.266 e. The van der Waals surface area contributed by atoms with E-state index in [0.29, 0.717) is 42.4 Å². The van der Waals surface area contributed by atoms with Gasteiger partial charge in [0, 0.05) is 11.3 Å². The fraction of sp³-hybridized carbons (Fsp3) is 0.250. The first-order valence-electron chi connectivity index (χ1n) is 9.56. The van der Waals surface area contributed by atoms with Crippen molar-refractivity contribution in [2.75, 3.05) is 18.5 Å². The molecule has 0 atom stereocenters. The number of amides is 1. The molecule has 0 heterocycles. The van der Waals surface area contributed by atoms with Crippen LogP contribution in [0.1, 0.15) is 30.5 Å². The largest absolute Gasteiger partial charge is 0.490 e. The van der Waals surface area contributed by atoms with Gasteiger partial charge in [0.2, 0.25) is 0 Å². The third-order valence-corrected chi connectivity index (χ3v) is 4.18. The fourth-order valence-electron chi connectivity index (χ4n) is 2.86. The van der Waals surface area contributed by atoms with Gasteiger partial charge in [0.1, 0.15) is 11.6 Å². The Kier molecular flexibility index (Phi) is 8.05. The number of hydrogen-bond acceptors (Lipinski definition) is 4. The fourth-order valence-corrected chi connectivity index (χ4v) is 2.86. The van der Waals surface area contributed by atoms with Crippen LogP contribution in [0, 0.1) is 18.3 Å². The van der Waals surface area contributed by atoms with E-state index in [9.17, 15) is 10.1 Å². The van der Waals surface area contributed by atoms with E-state index in [1.807, 2.05) is 51.1 Å². The third kappa shape index (κ3) is 5.73. The van der Waals surface area contributed by atoms with Gasteiger partial charge in [0.25, 0.3) is 5.91 Å². The van der Waals surface area contributed by atoms with Gasteiger partial charge >= 0.3 is 0 Å². The summed E-state index contributed by atoms with van der Waals surface area (Å²) >= 11 is 0. The van der Waals surface area contributed by atoms with Crippen LogP contribution in [0.25, 0.3) is 6.08 Å². The number of hydrogen-bond donors (Lipinski definition) is 1. The highest BCUT2D eigenvalue weighted by atomic mass is 16.5. The van der Waals surface area contributed by atoms with E-state index in [1.54, 1.807) is 24.3 Å². The normalized spacial score (nSPS) is 10.8. The van der Waals surface area contributed by atoms with E-state index in [-0.39, 0.29) is 5.57 Å². The van der Waals surface area contributed by atoms with Crippen molar-refractivity contribution in [1.82, 2.24) is 0 Å². The van der Waals surface area contributed by atoms with Crippen LogP contribution in [-0.2, 0) is 11.2 Å². The Morgan fingerprint density at radius 1 is 1.21 bits per heavy atom. The highest BCUT2D eigenvalue weighted by Gasteiger charge is 2.15. The van der Waals surface area contributed by atoms with Crippen molar-refractivity contribution in [3.8, 4) is 17.6 Å². The van der Waals surface area contributed by atoms with E-state index in [4.69, 9.17) is 9.47 Å². The average Bonchev–Trinajstić information content (AvgIpc) is 2.70. The van der Waals surface area contributed by atoms with E-state index >= 15 is 0 Å². The number of ether oxygens (including phenoxy) is 2. The maximum absolute atomic E-state index is 12.6. The second kappa shape index (κ2) is 10.7. The molecule has 0 radical (unpaired) electrons. The summed E-state index contributed by atoms with van der Waals surface area (Å²) in [5.41, 5.74) is 3.17. The van der Waals surface area contributed by atoms with Crippen molar-refractivity contribution in [2.45, 2.75) is 27.2 Å². The number of allylic oxidation sites excluding steroid dienone is 1. The minimum absolute atomic E-state index is 0.00409. The average molecular weight is 390 g/mol. The van der Waals surface area contributed by atoms with Gasteiger partial charge in [-0.05, 0) is 62.6 Å². The zero-order valence-electron chi connectivity index (χ0n) is 17.1. The summed E-state index contributed by atoms with van der Waals surface area (Å²) in [5.74, 6) is 0.782. The minimum atomic E-state index is -0.459. The lowest BCUT2D eigenvalue weighted by atomic mass is 10.0. The molecule has 150 valence electrons. The Balaban J connectivity index is 2.43. The first kappa shape index (κ1) is 21.8. The Hall–Kier alpha value is -3.52. The number of nitriles is 1. The Morgan fingerprint density at radius 2 is 1.93 bits per heavy atom. The molecule has 0 saturated heterocycles. The second-order valence-electron chi connectivity index (χ2n) is 6.30. The van der Waals surface area contributed by atoms with E-state index in [1.165, 1.54) is 0 Å². The van der Waals surface area contributed by atoms with E-state index in [0.717, 1.165) is 11.1 Å². The van der Waals surface area contributed by atoms with Crippen molar-refractivity contribution >= 4 is 17.7 Å². The van der Waals surface area contributed by atoms with Gasteiger partial charge in [-0.3, -0.25) is 4.79 Å². The Bertz CT molecular complexity index is 955. The zero-order chi connectivity index (χ0) is 21.2. The molecular weight excluding hydrogens is 364 g/mol. The van der Waals surface area contributed by atoms with Crippen molar-refractivity contribution in [3.05, 3.63) is 71.3 Å². The van der Waals surface area contributed by atoms with Crippen LogP contribution < -0.4 is 14.8 Å². The number of carbonyl (C=O) groups excluding carboxylic acids is 1. The first-order chi connectivity index (χ1) is 14.0. The van der Waals surface area contributed by atoms with Crippen molar-refractivity contribution in [1.29, 1.82) is 5.26 Å². The predicted octanol–water partition coefficient (Wildman–Crippen LogP) is 5.07. The SMILES string of the molecule is C=CCc1cc(/C=C(\C#N)C(=O)Nc2ccccc2C)cc(OCC)c1OCC. The lowest BCUT2D eigenvalue weighted by molar-refractivity contribution is -0.112. The summed E-state index contributed by atoms with van der Waals surface area (Å²) < 4.78 is 11.5. The van der Waals surface area contributed by atoms with Crippen molar-refractivity contribution < 1.29 is 14.3 Å².